The zero-order chi connectivity index (χ0) is 13.1. The van der Waals surface area contributed by atoms with E-state index in [1.54, 1.807) is 0 Å². The lowest BCUT2D eigenvalue weighted by molar-refractivity contribution is 0.0564. The Balaban J connectivity index is 2.73. The fourth-order valence-electron chi connectivity index (χ4n) is 1.78. The maximum atomic E-state index is 12.7. The molecule has 0 aromatic heterocycles. The molecule has 0 aromatic rings. The van der Waals surface area contributed by atoms with E-state index in [4.69, 9.17) is 13.8 Å². The summed E-state index contributed by atoms with van der Waals surface area (Å²) in [6.07, 6.45) is 1.62. The van der Waals surface area contributed by atoms with Crippen LogP contribution in [0.2, 0.25) is 0 Å². The summed E-state index contributed by atoms with van der Waals surface area (Å²) >= 11 is 2.28. The molecule has 1 heterocycles. The van der Waals surface area contributed by atoms with Gasteiger partial charge in [-0.25, -0.2) is 0 Å². The van der Waals surface area contributed by atoms with Crippen LogP contribution in [0.15, 0.2) is 0 Å². The molecular formula is C11H22IO4P. The minimum atomic E-state index is -3.16. The zero-order valence-corrected chi connectivity index (χ0v) is 13.9. The lowest BCUT2D eigenvalue weighted by Gasteiger charge is -2.27. The van der Waals surface area contributed by atoms with Crippen molar-refractivity contribution in [2.24, 2.45) is 0 Å². The van der Waals surface area contributed by atoms with Crippen molar-refractivity contribution in [2.45, 2.75) is 64.7 Å². The first-order valence-electron chi connectivity index (χ1n) is 6.05. The van der Waals surface area contributed by atoms with Crippen molar-refractivity contribution in [3.05, 3.63) is 0 Å². The average Bonchev–Trinajstić information content (AvgIpc) is 2.63. The van der Waals surface area contributed by atoms with Gasteiger partial charge in [0.15, 0.2) is 5.85 Å². The molecule has 0 aliphatic carbocycles. The van der Waals surface area contributed by atoms with E-state index in [2.05, 4.69) is 22.6 Å². The highest BCUT2D eigenvalue weighted by atomic mass is 127. The predicted octanol–water partition coefficient (Wildman–Crippen LogP) is 3.97. The summed E-state index contributed by atoms with van der Waals surface area (Å²) in [5.74, 6) is -0.396. The Morgan fingerprint density at radius 3 is 2.12 bits per heavy atom. The monoisotopic (exact) mass is 376 g/mol. The Morgan fingerprint density at radius 1 is 1.24 bits per heavy atom. The molecule has 1 rings (SSSR count). The number of rotatable bonds is 6. The summed E-state index contributed by atoms with van der Waals surface area (Å²) in [4.78, 5) is 0. The van der Waals surface area contributed by atoms with Crippen LogP contribution < -0.4 is 0 Å². The number of halogens is 1. The SMILES string of the molecule is CC(C)OP(=O)(OC(C)C)[C@H]1CC[C@@H](CI)O1. The molecule has 17 heavy (non-hydrogen) atoms. The molecule has 4 nitrogen and oxygen atoms in total. The van der Waals surface area contributed by atoms with Crippen molar-refractivity contribution in [1.29, 1.82) is 0 Å². The highest BCUT2D eigenvalue weighted by Gasteiger charge is 2.43. The van der Waals surface area contributed by atoms with Crippen LogP contribution in [0.5, 0.6) is 0 Å². The lowest BCUT2D eigenvalue weighted by Crippen LogP contribution is -2.19. The number of hydrogen-bond acceptors (Lipinski definition) is 4. The number of ether oxygens (including phenoxy) is 1. The summed E-state index contributed by atoms with van der Waals surface area (Å²) in [5.41, 5.74) is 0. The van der Waals surface area contributed by atoms with Crippen LogP contribution in [0.3, 0.4) is 0 Å². The first-order valence-corrected chi connectivity index (χ1v) is 9.19. The summed E-state index contributed by atoms with van der Waals surface area (Å²) < 4.78 is 30.5. The van der Waals surface area contributed by atoms with E-state index in [1.807, 2.05) is 27.7 Å². The van der Waals surface area contributed by atoms with Gasteiger partial charge < -0.3 is 13.8 Å². The molecular weight excluding hydrogens is 354 g/mol. The van der Waals surface area contributed by atoms with Crippen LogP contribution >= 0.6 is 30.2 Å². The molecule has 1 aliphatic heterocycles. The molecule has 0 unspecified atom stereocenters. The zero-order valence-electron chi connectivity index (χ0n) is 10.9. The molecule has 6 heteroatoms. The molecule has 0 bridgehead atoms. The third-order valence-corrected chi connectivity index (χ3v) is 5.82. The van der Waals surface area contributed by atoms with E-state index in [0.29, 0.717) is 0 Å². The van der Waals surface area contributed by atoms with Crippen molar-refractivity contribution >= 4 is 30.2 Å². The maximum Gasteiger partial charge on any atom is 0.359 e. The topological polar surface area (TPSA) is 44.8 Å². The molecule has 1 fully saturated rings. The van der Waals surface area contributed by atoms with E-state index in [9.17, 15) is 4.57 Å². The van der Waals surface area contributed by atoms with Crippen molar-refractivity contribution in [2.75, 3.05) is 4.43 Å². The molecule has 2 atom stereocenters. The van der Waals surface area contributed by atoms with Gasteiger partial charge in [0.1, 0.15) is 0 Å². The van der Waals surface area contributed by atoms with E-state index in [-0.39, 0.29) is 18.3 Å². The van der Waals surface area contributed by atoms with Gasteiger partial charge in [-0.15, -0.1) is 0 Å². The standard InChI is InChI=1S/C11H22IO4P/c1-8(2)15-17(13,16-9(3)4)11-6-5-10(7-12)14-11/h8-11H,5-7H2,1-4H3/t10-,11-/m0/s1. The molecule has 0 saturated carbocycles. The Bertz CT molecular complexity index is 269. The van der Waals surface area contributed by atoms with E-state index < -0.39 is 13.4 Å². The summed E-state index contributed by atoms with van der Waals surface area (Å²) in [6, 6.07) is 0. The molecule has 1 aliphatic rings. The van der Waals surface area contributed by atoms with Crippen LogP contribution in [0.25, 0.3) is 0 Å². The average molecular weight is 376 g/mol. The van der Waals surface area contributed by atoms with Crippen molar-refractivity contribution in [3.8, 4) is 0 Å². The van der Waals surface area contributed by atoms with Gasteiger partial charge in [0, 0.05) is 4.43 Å². The molecule has 0 radical (unpaired) electrons. The third-order valence-electron chi connectivity index (χ3n) is 2.33. The highest BCUT2D eigenvalue weighted by Crippen LogP contribution is 2.59. The van der Waals surface area contributed by atoms with Gasteiger partial charge in [0.2, 0.25) is 0 Å². The second-order valence-corrected chi connectivity index (χ2v) is 7.75. The quantitative estimate of drug-likeness (QED) is 0.400. The van der Waals surface area contributed by atoms with Gasteiger partial charge in [-0.3, -0.25) is 4.57 Å². The van der Waals surface area contributed by atoms with Crippen LogP contribution in [0.4, 0.5) is 0 Å². The Morgan fingerprint density at radius 2 is 1.76 bits per heavy atom. The highest BCUT2D eigenvalue weighted by molar-refractivity contribution is 14.1. The number of hydrogen-bond donors (Lipinski definition) is 0. The maximum absolute atomic E-state index is 12.7. The van der Waals surface area contributed by atoms with Crippen molar-refractivity contribution in [1.82, 2.24) is 0 Å². The van der Waals surface area contributed by atoms with Crippen molar-refractivity contribution in [3.63, 3.8) is 0 Å². The van der Waals surface area contributed by atoms with Crippen LogP contribution in [-0.2, 0) is 18.3 Å². The summed E-state index contributed by atoms with van der Waals surface area (Å²) in [5, 5.41) is 0. The Kier molecular flexibility index (Phi) is 6.40. The van der Waals surface area contributed by atoms with Gasteiger partial charge in [-0.05, 0) is 40.5 Å². The summed E-state index contributed by atoms with van der Waals surface area (Å²) in [7, 11) is -3.16. The van der Waals surface area contributed by atoms with Crippen LogP contribution in [-0.4, -0.2) is 28.6 Å². The van der Waals surface area contributed by atoms with Gasteiger partial charge in [0.25, 0.3) is 0 Å². The first-order chi connectivity index (χ1) is 7.87. The molecule has 1 saturated heterocycles. The number of alkyl halides is 1. The first kappa shape index (κ1) is 15.9. The van der Waals surface area contributed by atoms with E-state index >= 15 is 0 Å². The second kappa shape index (κ2) is 6.85. The smallest absolute Gasteiger partial charge is 0.359 e. The van der Waals surface area contributed by atoms with Crippen LogP contribution in [0.1, 0.15) is 40.5 Å². The Hall–Kier alpha value is 0.840. The van der Waals surface area contributed by atoms with E-state index in [0.717, 1.165) is 17.3 Å². The fraction of sp³-hybridized carbons (Fsp3) is 1.00. The van der Waals surface area contributed by atoms with E-state index in [1.165, 1.54) is 0 Å². The Labute approximate surface area is 117 Å². The van der Waals surface area contributed by atoms with Crippen molar-refractivity contribution < 1.29 is 18.3 Å². The largest absolute Gasteiger partial charge is 0.362 e. The molecule has 0 N–H and O–H groups in total. The lowest BCUT2D eigenvalue weighted by atomic mass is 10.3. The molecule has 0 spiro atoms. The normalized spacial score (nSPS) is 26.1. The van der Waals surface area contributed by atoms with Gasteiger partial charge in [0.05, 0.1) is 18.3 Å². The minimum Gasteiger partial charge on any atom is -0.362 e. The minimum absolute atomic E-state index is 0.123. The van der Waals surface area contributed by atoms with Gasteiger partial charge in [-0.2, -0.15) is 0 Å². The predicted molar refractivity (Wildman–Crippen MR) is 76.8 cm³/mol. The van der Waals surface area contributed by atoms with Gasteiger partial charge >= 0.3 is 7.60 Å². The second-order valence-electron chi connectivity index (χ2n) is 4.79. The van der Waals surface area contributed by atoms with Gasteiger partial charge in [-0.1, -0.05) is 22.6 Å². The molecule has 0 aromatic carbocycles. The molecule has 0 amide bonds. The van der Waals surface area contributed by atoms with Crippen LogP contribution in [0, 0.1) is 0 Å². The molecule has 102 valence electrons. The summed E-state index contributed by atoms with van der Waals surface area (Å²) in [6.45, 7) is 7.45. The fourth-order valence-corrected chi connectivity index (χ4v) is 4.71. The third kappa shape index (κ3) is 4.78.